The second kappa shape index (κ2) is 17.3. The second-order valence-corrected chi connectivity index (χ2v) is 16.0. The molecule has 0 aromatic heterocycles. The number of nitrogens with one attached hydrogen (secondary N) is 1. The minimum atomic E-state index is -0.679. The molecule has 0 saturated carbocycles. The summed E-state index contributed by atoms with van der Waals surface area (Å²) >= 11 is 0. The number of likely N-dealkylation sites (N-methyl/N-ethyl adjacent to an activating group) is 2. The van der Waals surface area contributed by atoms with Gasteiger partial charge in [0, 0.05) is 26.2 Å². The fraction of sp³-hybridized carbons (Fsp3) is 0.744. The fourth-order valence-electron chi connectivity index (χ4n) is 7.91. The van der Waals surface area contributed by atoms with Crippen molar-refractivity contribution in [3.63, 3.8) is 0 Å². The lowest BCUT2D eigenvalue weighted by molar-refractivity contribution is -0.160. The summed E-state index contributed by atoms with van der Waals surface area (Å²) in [6.07, 6.45) is 7.14. The molecule has 6 atom stereocenters. The number of hydrogen-bond donors (Lipinski definition) is 1. The van der Waals surface area contributed by atoms with Crippen LogP contribution >= 0.6 is 0 Å². The molecule has 3 amide bonds. The molecule has 0 aliphatic carbocycles. The largest absolute Gasteiger partial charge is 0.456 e. The molecule has 3 fully saturated rings. The molecular weight excluding hydrogens is 618 g/mol. The van der Waals surface area contributed by atoms with Crippen LogP contribution in [0.15, 0.2) is 30.3 Å². The monoisotopic (exact) mass is 681 g/mol. The third-order valence-electron chi connectivity index (χ3n) is 10.9. The Hall–Kier alpha value is -2.98. The van der Waals surface area contributed by atoms with Crippen molar-refractivity contribution in [2.45, 2.75) is 136 Å². The number of piperidine rings is 1. The Kier molecular flexibility index (Phi) is 13.7. The van der Waals surface area contributed by atoms with Gasteiger partial charge >= 0.3 is 5.97 Å². The summed E-state index contributed by atoms with van der Waals surface area (Å²) in [5.74, 6) is -0.412. The van der Waals surface area contributed by atoms with Crippen LogP contribution < -0.4 is 5.32 Å². The van der Waals surface area contributed by atoms with Crippen molar-refractivity contribution in [2.75, 3.05) is 40.3 Å². The van der Waals surface area contributed by atoms with Gasteiger partial charge in [-0.25, -0.2) is 4.79 Å². The van der Waals surface area contributed by atoms with Gasteiger partial charge in [0.1, 0.15) is 18.2 Å². The van der Waals surface area contributed by atoms with E-state index in [1.807, 2.05) is 65.2 Å². The van der Waals surface area contributed by atoms with Gasteiger partial charge in [0.2, 0.25) is 17.7 Å². The average molecular weight is 682 g/mol. The van der Waals surface area contributed by atoms with Gasteiger partial charge in [0.25, 0.3) is 0 Å². The van der Waals surface area contributed by atoms with Crippen LogP contribution in [0.5, 0.6) is 0 Å². The van der Waals surface area contributed by atoms with Crippen LogP contribution in [0.3, 0.4) is 0 Å². The summed E-state index contributed by atoms with van der Waals surface area (Å²) in [6.45, 7) is 15.0. The Bertz CT molecular complexity index is 1270. The van der Waals surface area contributed by atoms with Crippen molar-refractivity contribution in [1.29, 1.82) is 0 Å². The van der Waals surface area contributed by atoms with Crippen LogP contribution in [0.25, 0.3) is 0 Å². The smallest absolute Gasteiger partial charge is 0.329 e. The molecule has 274 valence electrons. The maximum absolute atomic E-state index is 14.2. The van der Waals surface area contributed by atoms with E-state index in [0.717, 1.165) is 70.0 Å². The molecule has 0 spiro atoms. The van der Waals surface area contributed by atoms with Gasteiger partial charge in [-0.1, -0.05) is 84.7 Å². The topological polar surface area (TPSA) is 102 Å². The highest BCUT2D eigenvalue weighted by Gasteiger charge is 2.44. The Balaban J connectivity index is 1.44. The number of carbonyl (C=O) groups is 4. The molecule has 49 heavy (non-hydrogen) atoms. The van der Waals surface area contributed by atoms with E-state index in [9.17, 15) is 19.2 Å². The molecular formula is C39H63N5O5. The quantitative estimate of drug-likeness (QED) is 0.292. The van der Waals surface area contributed by atoms with Crippen molar-refractivity contribution in [3.05, 3.63) is 35.9 Å². The zero-order valence-electron chi connectivity index (χ0n) is 31.5. The lowest BCUT2D eigenvalue weighted by Gasteiger charge is -2.41. The van der Waals surface area contributed by atoms with E-state index >= 15 is 0 Å². The van der Waals surface area contributed by atoms with Gasteiger partial charge in [-0.15, -0.1) is 0 Å². The van der Waals surface area contributed by atoms with E-state index in [-0.39, 0.29) is 53.8 Å². The first kappa shape index (κ1) is 38.8. The molecule has 4 rings (SSSR count). The number of carbonyl (C=O) groups excluding carboxylic acids is 4. The number of benzene rings is 1. The number of esters is 1. The van der Waals surface area contributed by atoms with Gasteiger partial charge in [-0.05, 0) is 82.0 Å². The van der Waals surface area contributed by atoms with Crippen molar-refractivity contribution >= 4 is 23.7 Å². The predicted molar refractivity (Wildman–Crippen MR) is 193 cm³/mol. The van der Waals surface area contributed by atoms with Crippen LogP contribution in [-0.2, 0) is 23.9 Å². The van der Waals surface area contributed by atoms with Crippen LogP contribution in [-0.4, -0.2) is 114 Å². The van der Waals surface area contributed by atoms with Crippen molar-refractivity contribution < 1.29 is 23.9 Å². The molecule has 0 radical (unpaired) electrons. The summed E-state index contributed by atoms with van der Waals surface area (Å²) in [5, 5.41) is 3.15. The van der Waals surface area contributed by atoms with Gasteiger partial charge in [0.05, 0.1) is 12.1 Å². The number of rotatable bonds is 13. The molecule has 1 N–H and O–H groups in total. The summed E-state index contributed by atoms with van der Waals surface area (Å²) < 4.78 is 6.08. The normalized spacial score (nSPS) is 24.0. The highest BCUT2D eigenvalue weighted by molar-refractivity contribution is 5.91. The molecule has 3 heterocycles. The summed E-state index contributed by atoms with van der Waals surface area (Å²) in [7, 11) is 3.82. The van der Waals surface area contributed by atoms with Crippen LogP contribution in [0, 0.1) is 11.3 Å². The summed E-state index contributed by atoms with van der Waals surface area (Å²) in [5.41, 5.74) is 0.487. The number of ether oxygens (including phenoxy) is 1. The first-order valence-corrected chi connectivity index (χ1v) is 18.8. The second-order valence-electron chi connectivity index (χ2n) is 16.0. The molecule has 1 aromatic carbocycles. The minimum Gasteiger partial charge on any atom is -0.456 e. The first-order chi connectivity index (χ1) is 23.2. The van der Waals surface area contributed by atoms with Gasteiger partial charge in [-0.2, -0.15) is 0 Å². The molecule has 3 saturated heterocycles. The van der Waals surface area contributed by atoms with E-state index in [0.29, 0.717) is 19.5 Å². The molecule has 3 aliphatic rings. The van der Waals surface area contributed by atoms with Crippen molar-refractivity contribution in [1.82, 2.24) is 24.9 Å². The van der Waals surface area contributed by atoms with Crippen LogP contribution in [0.1, 0.15) is 111 Å². The minimum absolute atomic E-state index is 0.0170. The Morgan fingerprint density at radius 2 is 1.57 bits per heavy atom. The Morgan fingerprint density at radius 3 is 2.20 bits per heavy atom. The first-order valence-electron chi connectivity index (χ1n) is 18.8. The molecule has 6 unspecified atom stereocenters. The van der Waals surface area contributed by atoms with Crippen molar-refractivity contribution in [2.24, 2.45) is 11.3 Å². The lowest BCUT2D eigenvalue weighted by atomic mass is 9.84. The average Bonchev–Trinajstić information content (AvgIpc) is 3.75. The number of hydrogen-bond acceptors (Lipinski definition) is 7. The van der Waals surface area contributed by atoms with Gasteiger partial charge < -0.3 is 19.9 Å². The van der Waals surface area contributed by atoms with E-state index in [2.05, 4.69) is 35.9 Å². The van der Waals surface area contributed by atoms with E-state index < -0.39 is 17.5 Å². The van der Waals surface area contributed by atoms with Crippen molar-refractivity contribution in [3.8, 4) is 0 Å². The molecule has 0 bridgehead atoms. The van der Waals surface area contributed by atoms with E-state index in [4.69, 9.17) is 4.74 Å². The number of nitrogens with zero attached hydrogens (tertiary/aromatic N) is 4. The fourth-order valence-corrected chi connectivity index (χ4v) is 7.91. The maximum atomic E-state index is 14.2. The highest BCUT2D eigenvalue weighted by atomic mass is 16.5. The molecule has 1 aromatic rings. The summed E-state index contributed by atoms with van der Waals surface area (Å²) in [6, 6.07) is 7.84. The molecule has 10 heteroatoms. The zero-order chi connectivity index (χ0) is 35.9. The van der Waals surface area contributed by atoms with Crippen LogP contribution in [0.4, 0.5) is 0 Å². The lowest BCUT2D eigenvalue weighted by Crippen LogP contribution is -2.61. The zero-order valence-corrected chi connectivity index (χ0v) is 31.5. The standard InChI is InChI=1S/C39H63N5O5/c1-9-17-33(28-18-11-10-12-19-28)49-38(48)31-22-16-25-44(31)36(46)30-21-15-24-43(30)26-32(27(2)3)42(8)37(47)34(39(4,5)6)40-35(45)29-20-13-14-23-41(29)7/h10-12,18-19,27,29-34H,9,13-17,20-26H2,1-8H3,(H,40,45). The third-order valence-corrected chi connectivity index (χ3v) is 10.9. The maximum Gasteiger partial charge on any atom is 0.329 e. The predicted octanol–water partition coefficient (Wildman–Crippen LogP) is 5.02. The SMILES string of the molecule is CCCC(OC(=O)C1CCCN1C(=O)C1CCCN1CC(C(C)C)N(C)C(=O)C(NC(=O)C1CCCCN1C)C(C)(C)C)c1ccccc1. The summed E-state index contributed by atoms with van der Waals surface area (Å²) in [4.78, 5) is 63.3. The number of likely N-dealkylation sites (tertiary alicyclic amines) is 3. The van der Waals surface area contributed by atoms with E-state index in [1.54, 1.807) is 9.80 Å². The third kappa shape index (κ3) is 9.63. The van der Waals surface area contributed by atoms with Gasteiger partial charge in [0.15, 0.2) is 0 Å². The molecule has 10 nitrogen and oxygen atoms in total. The Labute approximate surface area is 295 Å². The van der Waals surface area contributed by atoms with Crippen LogP contribution in [0.2, 0.25) is 0 Å². The van der Waals surface area contributed by atoms with E-state index in [1.165, 1.54) is 0 Å². The number of amides is 3. The molecule has 3 aliphatic heterocycles. The highest BCUT2D eigenvalue weighted by Crippen LogP contribution is 2.30. The Morgan fingerprint density at radius 1 is 0.918 bits per heavy atom. The van der Waals surface area contributed by atoms with Gasteiger partial charge in [-0.3, -0.25) is 24.2 Å².